The van der Waals surface area contributed by atoms with Gasteiger partial charge in [-0.1, -0.05) is 11.6 Å². The fourth-order valence-corrected chi connectivity index (χ4v) is 2.74. The second-order valence-corrected chi connectivity index (χ2v) is 6.38. The Balaban J connectivity index is 1.60. The number of imidazole rings is 1. The van der Waals surface area contributed by atoms with Crippen LogP contribution in [0.5, 0.6) is 5.75 Å². The standard InChI is InChI=1S/C19H21ClN2O/c1-13-10-18-19(11-14(13)2)22(12-21-18)7-4-8-23-16-5-6-17(20)15(3)9-16/h5-6,9-12H,4,7-8H2,1-3H3. The minimum Gasteiger partial charge on any atom is -0.494 e. The lowest BCUT2D eigenvalue weighted by molar-refractivity contribution is 0.302. The monoisotopic (exact) mass is 328 g/mol. The van der Waals surface area contributed by atoms with Crippen molar-refractivity contribution >= 4 is 22.6 Å². The smallest absolute Gasteiger partial charge is 0.119 e. The van der Waals surface area contributed by atoms with Crippen molar-refractivity contribution in [2.24, 2.45) is 0 Å². The third kappa shape index (κ3) is 3.50. The maximum absolute atomic E-state index is 6.02. The van der Waals surface area contributed by atoms with E-state index in [9.17, 15) is 0 Å². The molecule has 0 amide bonds. The summed E-state index contributed by atoms with van der Waals surface area (Å²) in [5.41, 5.74) is 5.87. The van der Waals surface area contributed by atoms with Crippen molar-refractivity contribution in [3.8, 4) is 5.75 Å². The van der Waals surface area contributed by atoms with Crippen molar-refractivity contribution in [2.45, 2.75) is 33.7 Å². The first-order valence-corrected chi connectivity index (χ1v) is 8.23. The first-order valence-electron chi connectivity index (χ1n) is 7.85. The summed E-state index contributed by atoms with van der Waals surface area (Å²) in [6.07, 6.45) is 2.84. The molecule has 1 aromatic heterocycles. The fraction of sp³-hybridized carbons (Fsp3) is 0.316. The lowest BCUT2D eigenvalue weighted by Crippen LogP contribution is -2.04. The molecule has 0 bridgehead atoms. The number of aryl methyl sites for hydroxylation is 4. The zero-order valence-corrected chi connectivity index (χ0v) is 14.5. The molecule has 2 aromatic carbocycles. The van der Waals surface area contributed by atoms with Crippen LogP contribution in [0, 0.1) is 20.8 Å². The fourth-order valence-electron chi connectivity index (χ4n) is 2.62. The minimum absolute atomic E-state index is 0.672. The third-order valence-electron chi connectivity index (χ3n) is 4.18. The second-order valence-electron chi connectivity index (χ2n) is 5.98. The van der Waals surface area contributed by atoms with Crippen molar-refractivity contribution in [1.82, 2.24) is 9.55 Å². The van der Waals surface area contributed by atoms with Gasteiger partial charge in [-0.3, -0.25) is 0 Å². The van der Waals surface area contributed by atoms with Crippen molar-refractivity contribution < 1.29 is 4.74 Å². The molecule has 0 N–H and O–H groups in total. The van der Waals surface area contributed by atoms with Gasteiger partial charge >= 0.3 is 0 Å². The minimum atomic E-state index is 0.672. The Labute approximate surface area is 141 Å². The van der Waals surface area contributed by atoms with Crippen molar-refractivity contribution in [3.63, 3.8) is 0 Å². The van der Waals surface area contributed by atoms with E-state index in [1.807, 2.05) is 31.5 Å². The van der Waals surface area contributed by atoms with Gasteiger partial charge in [-0.25, -0.2) is 4.98 Å². The summed E-state index contributed by atoms with van der Waals surface area (Å²) in [6.45, 7) is 7.81. The molecule has 0 aliphatic heterocycles. The molecule has 0 aliphatic carbocycles. The number of hydrogen-bond donors (Lipinski definition) is 0. The Hall–Kier alpha value is -2.00. The molecule has 1 heterocycles. The number of hydrogen-bond acceptors (Lipinski definition) is 2. The van der Waals surface area contributed by atoms with E-state index < -0.39 is 0 Å². The van der Waals surface area contributed by atoms with Crippen LogP contribution in [-0.2, 0) is 6.54 Å². The Morgan fingerprint density at radius 3 is 2.61 bits per heavy atom. The zero-order valence-electron chi connectivity index (χ0n) is 13.8. The van der Waals surface area contributed by atoms with Gasteiger partial charge in [0.15, 0.2) is 0 Å². The van der Waals surface area contributed by atoms with E-state index in [1.54, 1.807) is 0 Å². The van der Waals surface area contributed by atoms with Crippen LogP contribution < -0.4 is 4.74 Å². The highest BCUT2D eigenvalue weighted by atomic mass is 35.5. The normalized spacial score (nSPS) is 11.1. The average Bonchev–Trinajstić information content (AvgIpc) is 2.90. The van der Waals surface area contributed by atoms with Crippen LogP contribution in [0.25, 0.3) is 11.0 Å². The van der Waals surface area contributed by atoms with Crippen LogP contribution in [0.15, 0.2) is 36.7 Å². The molecule has 23 heavy (non-hydrogen) atoms. The summed E-state index contributed by atoms with van der Waals surface area (Å²) >= 11 is 6.02. The number of benzene rings is 2. The Bertz CT molecular complexity index is 839. The predicted octanol–water partition coefficient (Wildman–Crippen LogP) is 5.08. The molecular weight excluding hydrogens is 308 g/mol. The van der Waals surface area contributed by atoms with Crippen molar-refractivity contribution in [1.29, 1.82) is 0 Å². The average molecular weight is 329 g/mol. The number of nitrogens with zero attached hydrogens (tertiary/aromatic N) is 2. The van der Waals surface area contributed by atoms with Gasteiger partial charge in [0.2, 0.25) is 0 Å². The van der Waals surface area contributed by atoms with Crippen LogP contribution >= 0.6 is 11.6 Å². The van der Waals surface area contributed by atoms with E-state index in [-0.39, 0.29) is 0 Å². The molecule has 3 rings (SSSR count). The molecule has 0 aliphatic rings. The SMILES string of the molecule is Cc1cc2ncn(CCCOc3ccc(Cl)c(C)c3)c2cc1C. The lowest BCUT2D eigenvalue weighted by atomic mass is 10.1. The number of rotatable bonds is 5. The van der Waals surface area contributed by atoms with Gasteiger partial charge in [-0.2, -0.15) is 0 Å². The van der Waals surface area contributed by atoms with Crippen LogP contribution in [0.3, 0.4) is 0 Å². The Kier molecular flexibility index (Phi) is 4.58. The number of ether oxygens (including phenoxy) is 1. The molecule has 0 saturated heterocycles. The number of fused-ring (bicyclic) bond motifs is 1. The maximum Gasteiger partial charge on any atom is 0.119 e. The molecule has 0 saturated carbocycles. The first kappa shape index (κ1) is 15.9. The Morgan fingerprint density at radius 1 is 1.04 bits per heavy atom. The van der Waals surface area contributed by atoms with E-state index >= 15 is 0 Å². The quantitative estimate of drug-likeness (QED) is 0.610. The molecule has 3 aromatic rings. The summed E-state index contributed by atoms with van der Waals surface area (Å²) in [5, 5.41) is 0.771. The molecule has 0 atom stereocenters. The largest absolute Gasteiger partial charge is 0.494 e. The van der Waals surface area contributed by atoms with Crippen LogP contribution in [-0.4, -0.2) is 16.2 Å². The van der Waals surface area contributed by atoms with Gasteiger partial charge < -0.3 is 9.30 Å². The van der Waals surface area contributed by atoms with E-state index in [4.69, 9.17) is 16.3 Å². The molecule has 0 fully saturated rings. The first-order chi connectivity index (χ1) is 11.0. The highest BCUT2D eigenvalue weighted by Gasteiger charge is 2.05. The van der Waals surface area contributed by atoms with Gasteiger partial charge in [-0.15, -0.1) is 0 Å². The topological polar surface area (TPSA) is 27.1 Å². The molecule has 0 radical (unpaired) electrons. The van der Waals surface area contributed by atoms with Crippen molar-refractivity contribution in [2.75, 3.05) is 6.61 Å². The van der Waals surface area contributed by atoms with E-state index in [2.05, 4.69) is 35.5 Å². The summed E-state index contributed by atoms with van der Waals surface area (Å²) in [6, 6.07) is 10.1. The molecule has 0 spiro atoms. The van der Waals surface area contributed by atoms with E-state index in [0.29, 0.717) is 6.61 Å². The molecule has 3 nitrogen and oxygen atoms in total. The van der Waals surface area contributed by atoms with E-state index in [1.165, 1.54) is 16.6 Å². The highest BCUT2D eigenvalue weighted by molar-refractivity contribution is 6.31. The summed E-state index contributed by atoms with van der Waals surface area (Å²) in [5.74, 6) is 0.869. The van der Waals surface area contributed by atoms with Crippen LogP contribution in [0.4, 0.5) is 0 Å². The van der Waals surface area contributed by atoms with Crippen molar-refractivity contribution in [3.05, 3.63) is 58.4 Å². The maximum atomic E-state index is 6.02. The highest BCUT2D eigenvalue weighted by Crippen LogP contribution is 2.21. The van der Waals surface area contributed by atoms with Gasteiger partial charge in [0, 0.05) is 11.6 Å². The number of aromatic nitrogens is 2. The Morgan fingerprint density at radius 2 is 1.83 bits per heavy atom. The predicted molar refractivity (Wildman–Crippen MR) is 95.5 cm³/mol. The second kappa shape index (κ2) is 6.63. The van der Waals surface area contributed by atoms with E-state index in [0.717, 1.165) is 34.8 Å². The molecule has 0 unspecified atom stereocenters. The van der Waals surface area contributed by atoms with Crippen LogP contribution in [0.2, 0.25) is 5.02 Å². The van der Waals surface area contributed by atoms with Gasteiger partial charge in [-0.05, 0) is 74.2 Å². The summed E-state index contributed by atoms with van der Waals surface area (Å²) < 4.78 is 8.00. The van der Waals surface area contributed by atoms with Crippen LogP contribution in [0.1, 0.15) is 23.1 Å². The van der Waals surface area contributed by atoms with Gasteiger partial charge in [0.1, 0.15) is 5.75 Å². The van der Waals surface area contributed by atoms with Gasteiger partial charge in [0.25, 0.3) is 0 Å². The molecular formula is C19H21ClN2O. The van der Waals surface area contributed by atoms with Gasteiger partial charge in [0.05, 0.1) is 24.0 Å². The zero-order chi connectivity index (χ0) is 16.4. The number of halogens is 1. The summed E-state index contributed by atoms with van der Waals surface area (Å²) in [7, 11) is 0. The third-order valence-corrected chi connectivity index (χ3v) is 4.60. The molecule has 4 heteroatoms. The molecule has 120 valence electrons. The summed E-state index contributed by atoms with van der Waals surface area (Å²) in [4.78, 5) is 4.49. The lowest BCUT2D eigenvalue weighted by Gasteiger charge is -2.09.